The van der Waals surface area contributed by atoms with E-state index in [1.165, 1.54) is 14.0 Å². The Morgan fingerprint density at radius 1 is 1.15 bits per heavy atom. The second-order valence-electron chi connectivity index (χ2n) is 2.08. The van der Waals surface area contributed by atoms with Crippen LogP contribution in [0.2, 0.25) is 0 Å². The molecule has 0 saturated heterocycles. The third-order valence-electron chi connectivity index (χ3n) is 0.977. The van der Waals surface area contributed by atoms with Crippen LogP contribution in [0.3, 0.4) is 0 Å². The molecule has 0 bridgehead atoms. The summed E-state index contributed by atoms with van der Waals surface area (Å²) in [5.41, 5.74) is 0.194. The van der Waals surface area contributed by atoms with E-state index in [4.69, 9.17) is 0 Å². The van der Waals surface area contributed by atoms with Gasteiger partial charge in [-0.25, -0.2) is 9.59 Å². The Bertz CT molecular complexity index is 245. The fraction of sp³-hybridized carbons (Fsp3) is 0.250. The molecular formula is C8H11ClO4. The van der Waals surface area contributed by atoms with Crippen molar-refractivity contribution in [3.63, 3.8) is 0 Å². The van der Waals surface area contributed by atoms with Crippen LogP contribution in [0, 0.1) is 0 Å². The molecule has 0 aliphatic heterocycles. The van der Waals surface area contributed by atoms with Crippen molar-refractivity contribution in [3.8, 4) is 0 Å². The van der Waals surface area contributed by atoms with Gasteiger partial charge in [0.15, 0.2) is 0 Å². The van der Waals surface area contributed by atoms with Crippen LogP contribution in [0.25, 0.3) is 0 Å². The third-order valence-corrected chi connectivity index (χ3v) is 0.977. The molecule has 0 aromatic carbocycles. The number of hydrogen-bond donors (Lipinski definition) is 0. The molecule has 0 aromatic rings. The highest BCUT2D eigenvalue weighted by Crippen LogP contribution is 2.01. The van der Waals surface area contributed by atoms with Gasteiger partial charge in [0.25, 0.3) is 0 Å². The standard InChI is InChI=1S/C8H10O4.ClH/c1-5(2)7(9)12-6(3)8(10)11-4;/h1,3H2,2,4H3;1H. The van der Waals surface area contributed by atoms with E-state index in [0.29, 0.717) is 0 Å². The molecule has 0 unspecified atom stereocenters. The summed E-state index contributed by atoms with van der Waals surface area (Å²) in [6.07, 6.45) is 0. The van der Waals surface area contributed by atoms with Crippen LogP contribution in [-0.4, -0.2) is 19.0 Å². The zero-order valence-electron chi connectivity index (χ0n) is 7.46. The Kier molecular flexibility index (Phi) is 6.85. The van der Waals surface area contributed by atoms with Crippen molar-refractivity contribution in [2.24, 2.45) is 0 Å². The van der Waals surface area contributed by atoms with Crippen LogP contribution in [-0.2, 0) is 19.1 Å². The molecule has 0 atom stereocenters. The molecule has 0 aromatic heterocycles. The van der Waals surface area contributed by atoms with Crippen molar-refractivity contribution in [1.82, 2.24) is 0 Å². The molecule has 0 heterocycles. The minimum atomic E-state index is -0.774. The molecule has 4 nitrogen and oxygen atoms in total. The molecule has 0 radical (unpaired) electrons. The van der Waals surface area contributed by atoms with Gasteiger partial charge in [-0.3, -0.25) is 0 Å². The zero-order valence-corrected chi connectivity index (χ0v) is 8.27. The monoisotopic (exact) mass is 206 g/mol. The molecule has 5 heteroatoms. The van der Waals surface area contributed by atoms with Crippen molar-refractivity contribution in [2.75, 3.05) is 7.11 Å². The smallest absolute Gasteiger partial charge is 0.373 e. The molecular weight excluding hydrogens is 196 g/mol. The van der Waals surface area contributed by atoms with Crippen LogP contribution in [0.5, 0.6) is 0 Å². The first-order valence-electron chi connectivity index (χ1n) is 3.14. The van der Waals surface area contributed by atoms with Gasteiger partial charge in [0.05, 0.1) is 7.11 Å². The largest absolute Gasteiger partial charge is 0.463 e. The minimum absolute atomic E-state index is 0. The summed E-state index contributed by atoms with van der Waals surface area (Å²) in [5, 5.41) is 0. The lowest BCUT2D eigenvalue weighted by Crippen LogP contribution is -2.12. The van der Waals surface area contributed by atoms with E-state index in [1.54, 1.807) is 0 Å². The molecule has 0 aliphatic carbocycles. The van der Waals surface area contributed by atoms with Crippen LogP contribution in [0.1, 0.15) is 6.92 Å². The highest BCUT2D eigenvalue weighted by molar-refractivity contribution is 5.93. The maximum atomic E-state index is 10.8. The summed E-state index contributed by atoms with van der Waals surface area (Å²) in [6, 6.07) is 0. The van der Waals surface area contributed by atoms with E-state index in [9.17, 15) is 9.59 Å². The number of rotatable bonds is 3. The number of methoxy groups -OCH3 is 1. The van der Waals surface area contributed by atoms with E-state index in [2.05, 4.69) is 22.6 Å². The lowest BCUT2D eigenvalue weighted by molar-refractivity contribution is -0.147. The second-order valence-corrected chi connectivity index (χ2v) is 2.08. The Hall–Kier alpha value is -1.29. The summed E-state index contributed by atoms with van der Waals surface area (Å²) in [4.78, 5) is 21.4. The number of ether oxygens (including phenoxy) is 2. The molecule has 0 fully saturated rings. The highest BCUT2D eigenvalue weighted by atomic mass is 35.5. The molecule has 13 heavy (non-hydrogen) atoms. The van der Waals surface area contributed by atoms with Crippen LogP contribution in [0.15, 0.2) is 24.5 Å². The number of carbonyl (C=O) groups excluding carboxylic acids is 2. The summed E-state index contributed by atoms with van der Waals surface area (Å²) in [6.45, 7) is 7.98. The second kappa shape index (κ2) is 6.25. The first kappa shape index (κ1) is 14.2. The van der Waals surface area contributed by atoms with Crippen molar-refractivity contribution in [1.29, 1.82) is 0 Å². The highest BCUT2D eigenvalue weighted by Gasteiger charge is 2.12. The van der Waals surface area contributed by atoms with Crippen LogP contribution >= 0.6 is 12.4 Å². The molecule has 0 saturated carbocycles. The van der Waals surface area contributed by atoms with Crippen molar-refractivity contribution in [2.45, 2.75) is 6.92 Å². The lowest BCUT2D eigenvalue weighted by atomic mass is 10.4. The van der Waals surface area contributed by atoms with Gasteiger partial charge in [-0.1, -0.05) is 6.58 Å². The van der Waals surface area contributed by atoms with Gasteiger partial charge in [-0.05, 0) is 13.5 Å². The average Bonchev–Trinajstić information content (AvgIpc) is 2.02. The summed E-state index contributed by atoms with van der Waals surface area (Å²) in [5.74, 6) is -1.81. The van der Waals surface area contributed by atoms with Gasteiger partial charge in [0.1, 0.15) is 0 Å². The van der Waals surface area contributed by atoms with E-state index >= 15 is 0 Å². The first-order valence-corrected chi connectivity index (χ1v) is 3.14. The van der Waals surface area contributed by atoms with Crippen molar-refractivity contribution >= 4 is 24.3 Å². The predicted octanol–water partition coefficient (Wildman–Crippen LogP) is 1.21. The number of carbonyl (C=O) groups is 2. The molecule has 74 valence electrons. The van der Waals surface area contributed by atoms with Gasteiger partial charge in [-0.2, -0.15) is 0 Å². The Balaban J connectivity index is 0. The van der Waals surface area contributed by atoms with Gasteiger partial charge in [0.2, 0.25) is 5.76 Å². The van der Waals surface area contributed by atoms with Crippen molar-refractivity contribution < 1.29 is 19.1 Å². The van der Waals surface area contributed by atoms with Crippen molar-refractivity contribution in [3.05, 3.63) is 24.5 Å². The van der Waals surface area contributed by atoms with E-state index in [0.717, 1.165) is 0 Å². The van der Waals surface area contributed by atoms with Gasteiger partial charge >= 0.3 is 11.9 Å². The quantitative estimate of drug-likeness (QED) is 0.396. The number of halogens is 1. The van der Waals surface area contributed by atoms with Crippen LogP contribution in [0.4, 0.5) is 0 Å². The Morgan fingerprint density at radius 2 is 1.62 bits per heavy atom. The maximum Gasteiger partial charge on any atom is 0.373 e. The molecule has 0 spiro atoms. The molecule has 0 rings (SSSR count). The molecule has 0 aliphatic rings. The summed E-state index contributed by atoms with van der Waals surface area (Å²) < 4.78 is 8.70. The van der Waals surface area contributed by atoms with Gasteiger partial charge in [0, 0.05) is 5.57 Å². The Labute approximate surface area is 82.6 Å². The van der Waals surface area contributed by atoms with Gasteiger partial charge in [-0.15, -0.1) is 12.4 Å². The SMILES string of the molecule is C=C(C)C(=O)OC(=C)C(=O)OC.Cl. The average molecular weight is 207 g/mol. The van der Waals surface area contributed by atoms with E-state index in [-0.39, 0.29) is 23.7 Å². The fourth-order valence-electron chi connectivity index (χ4n) is 0.355. The minimum Gasteiger partial charge on any atom is -0.463 e. The number of hydrogen-bond acceptors (Lipinski definition) is 4. The normalized spacial score (nSPS) is 7.85. The Morgan fingerprint density at radius 3 is 1.92 bits per heavy atom. The lowest BCUT2D eigenvalue weighted by Gasteiger charge is -2.03. The fourth-order valence-corrected chi connectivity index (χ4v) is 0.355. The summed E-state index contributed by atoms with van der Waals surface area (Å²) in [7, 11) is 1.17. The third kappa shape index (κ3) is 5.03. The first-order chi connectivity index (χ1) is 5.49. The molecule has 0 amide bonds. The zero-order chi connectivity index (χ0) is 9.72. The number of esters is 2. The topological polar surface area (TPSA) is 52.6 Å². The van der Waals surface area contributed by atoms with Crippen LogP contribution < -0.4 is 0 Å². The summed E-state index contributed by atoms with van der Waals surface area (Å²) >= 11 is 0. The van der Waals surface area contributed by atoms with Gasteiger partial charge < -0.3 is 9.47 Å². The molecule has 0 N–H and O–H groups in total. The van der Waals surface area contributed by atoms with E-state index < -0.39 is 11.9 Å². The predicted molar refractivity (Wildman–Crippen MR) is 49.3 cm³/mol. The van der Waals surface area contributed by atoms with E-state index in [1.807, 2.05) is 0 Å². The maximum absolute atomic E-state index is 10.8.